The van der Waals surface area contributed by atoms with E-state index < -0.39 is 11.6 Å². The fraction of sp³-hybridized carbons (Fsp3) is 0.240. The lowest BCUT2D eigenvalue weighted by Gasteiger charge is -2.13. The molecule has 0 spiro atoms. The van der Waals surface area contributed by atoms with Gasteiger partial charge in [0.2, 0.25) is 0 Å². The van der Waals surface area contributed by atoms with Gasteiger partial charge in [0, 0.05) is 29.3 Å². The molecule has 154 valence electrons. The van der Waals surface area contributed by atoms with Crippen molar-refractivity contribution in [3.05, 3.63) is 59.3 Å². The Kier molecular flexibility index (Phi) is 3.72. The van der Waals surface area contributed by atoms with Crippen LogP contribution in [0.4, 0.5) is 8.78 Å². The van der Waals surface area contributed by atoms with Crippen molar-refractivity contribution >= 4 is 21.7 Å². The monoisotopic (exact) mass is 415 g/mol. The number of hydrogen-bond donors (Lipinski definition) is 2. The second-order valence-corrected chi connectivity index (χ2v) is 8.50. The third kappa shape index (κ3) is 2.47. The van der Waals surface area contributed by atoms with Crippen molar-refractivity contribution in [2.45, 2.75) is 5.92 Å². The van der Waals surface area contributed by atoms with Crippen LogP contribution in [0.2, 0.25) is 0 Å². The molecule has 0 amide bonds. The number of aromatic hydroxyl groups is 1. The molecule has 3 atom stereocenters. The molecule has 2 N–H and O–H groups in total. The Morgan fingerprint density at radius 2 is 1.90 bits per heavy atom. The van der Waals surface area contributed by atoms with Crippen LogP contribution in [0.5, 0.6) is 5.75 Å². The minimum absolute atomic E-state index is 0.0411. The van der Waals surface area contributed by atoms with Crippen molar-refractivity contribution in [1.82, 2.24) is 15.1 Å². The average molecular weight is 415 g/mol. The quantitative estimate of drug-likeness (QED) is 0.480. The number of hydrogen-bond acceptors (Lipinski definition) is 3. The van der Waals surface area contributed by atoms with Crippen LogP contribution in [0.15, 0.2) is 36.4 Å². The van der Waals surface area contributed by atoms with Gasteiger partial charge >= 0.3 is 0 Å². The Hall–Kier alpha value is -3.43. The summed E-state index contributed by atoms with van der Waals surface area (Å²) in [4.78, 5) is 0. The molecule has 1 aliphatic heterocycles. The number of aromatic nitrogens is 2. The molecule has 1 aromatic heterocycles. The number of aryl methyl sites for hydroxylation is 1. The van der Waals surface area contributed by atoms with Gasteiger partial charge in [0.05, 0.1) is 11.3 Å². The lowest BCUT2D eigenvalue weighted by atomic mass is 9.93. The molecule has 2 heterocycles. The maximum absolute atomic E-state index is 15.9. The van der Waals surface area contributed by atoms with Crippen molar-refractivity contribution in [3.8, 4) is 29.2 Å². The zero-order valence-electron chi connectivity index (χ0n) is 16.8. The van der Waals surface area contributed by atoms with Crippen molar-refractivity contribution in [3.63, 3.8) is 0 Å². The van der Waals surface area contributed by atoms with Crippen LogP contribution in [-0.2, 0) is 7.05 Å². The van der Waals surface area contributed by atoms with E-state index in [0.717, 1.165) is 24.2 Å². The predicted molar refractivity (Wildman–Crippen MR) is 116 cm³/mol. The minimum Gasteiger partial charge on any atom is -0.508 e. The number of rotatable bonds is 2. The summed E-state index contributed by atoms with van der Waals surface area (Å²) in [6.45, 7) is 1.95. The van der Waals surface area contributed by atoms with E-state index in [9.17, 15) is 9.50 Å². The van der Waals surface area contributed by atoms with Gasteiger partial charge in [-0.1, -0.05) is 24.1 Å². The van der Waals surface area contributed by atoms with Crippen LogP contribution >= 0.6 is 0 Å². The van der Waals surface area contributed by atoms with E-state index in [-0.39, 0.29) is 16.9 Å². The molecule has 31 heavy (non-hydrogen) atoms. The Morgan fingerprint density at radius 3 is 2.65 bits per heavy atom. The molecule has 6 heteroatoms. The number of nitrogens with one attached hydrogen (secondary N) is 1. The number of phenolic OH excluding ortho intramolecular Hbond substituents is 1. The number of piperidine rings is 1. The minimum atomic E-state index is -0.555. The van der Waals surface area contributed by atoms with E-state index >= 15 is 4.39 Å². The molecule has 2 fully saturated rings. The summed E-state index contributed by atoms with van der Waals surface area (Å²) in [5, 5.41) is 20.0. The lowest BCUT2D eigenvalue weighted by molar-refractivity contribution is 0.476. The summed E-state index contributed by atoms with van der Waals surface area (Å²) in [5.74, 6) is 2.82. The number of benzene rings is 3. The zero-order chi connectivity index (χ0) is 21.4. The summed E-state index contributed by atoms with van der Waals surface area (Å²) in [6, 6.07) is 9.28. The first-order chi connectivity index (χ1) is 15.0. The molecular weight excluding hydrogens is 396 g/mol. The summed E-state index contributed by atoms with van der Waals surface area (Å²) in [6.07, 6.45) is 5.58. The molecule has 3 aromatic carbocycles. The fourth-order valence-electron chi connectivity index (χ4n) is 5.41. The standard InChI is InChI=1S/C25H19F2N3O/c1-3-14-20(26)7-4-12-8-13(31)9-17(21(12)14)15-5-6-16-24(22-18-10-28-11-19(18)22)29-30(2)25(16)23(15)27/h1,4-9,18-19,22,28,31H,10-11H2,2H3/t18-,19+,22?. The Labute approximate surface area is 177 Å². The molecule has 4 nitrogen and oxygen atoms in total. The highest BCUT2D eigenvalue weighted by Crippen LogP contribution is 2.56. The molecule has 1 aliphatic carbocycles. The van der Waals surface area contributed by atoms with Gasteiger partial charge in [-0.15, -0.1) is 6.42 Å². The molecule has 1 saturated carbocycles. The van der Waals surface area contributed by atoms with Gasteiger partial charge in [0.25, 0.3) is 0 Å². The van der Waals surface area contributed by atoms with Gasteiger partial charge in [0.1, 0.15) is 17.1 Å². The highest BCUT2D eigenvalue weighted by Gasteiger charge is 2.55. The molecule has 2 aliphatic rings. The molecular formula is C25H19F2N3O. The normalized spacial score (nSPS) is 22.1. The third-order valence-electron chi connectivity index (χ3n) is 6.87. The molecule has 1 unspecified atom stereocenters. The first-order valence-corrected chi connectivity index (χ1v) is 10.3. The SMILES string of the molecule is C#Cc1c(F)ccc2cc(O)cc(-c3ccc4c(C5[C@H]6CNC[C@@H]56)nn(C)c4c3F)c12. The third-order valence-corrected chi connectivity index (χ3v) is 6.87. The average Bonchev–Trinajstić information content (AvgIpc) is 3.07. The first-order valence-electron chi connectivity index (χ1n) is 10.3. The van der Waals surface area contributed by atoms with Crippen LogP contribution in [0.3, 0.4) is 0 Å². The summed E-state index contributed by atoms with van der Waals surface area (Å²) in [5.41, 5.74) is 2.01. The molecule has 0 bridgehead atoms. The Morgan fingerprint density at radius 1 is 1.13 bits per heavy atom. The van der Waals surface area contributed by atoms with Crippen molar-refractivity contribution in [1.29, 1.82) is 0 Å². The number of fused-ring (bicyclic) bond motifs is 3. The van der Waals surface area contributed by atoms with E-state index in [1.54, 1.807) is 17.8 Å². The second kappa shape index (κ2) is 6.29. The largest absolute Gasteiger partial charge is 0.508 e. The topological polar surface area (TPSA) is 50.1 Å². The van der Waals surface area contributed by atoms with E-state index in [2.05, 4.69) is 16.3 Å². The van der Waals surface area contributed by atoms with Crippen LogP contribution in [0.1, 0.15) is 17.2 Å². The van der Waals surface area contributed by atoms with Crippen molar-refractivity contribution in [2.75, 3.05) is 13.1 Å². The fourth-order valence-corrected chi connectivity index (χ4v) is 5.41. The van der Waals surface area contributed by atoms with E-state index in [0.29, 0.717) is 39.6 Å². The Balaban J connectivity index is 1.61. The van der Waals surface area contributed by atoms with Gasteiger partial charge in [-0.2, -0.15) is 5.10 Å². The van der Waals surface area contributed by atoms with Crippen molar-refractivity contribution < 1.29 is 13.9 Å². The van der Waals surface area contributed by atoms with E-state index in [4.69, 9.17) is 6.42 Å². The van der Waals surface area contributed by atoms with Crippen LogP contribution in [-0.4, -0.2) is 28.0 Å². The molecule has 4 aromatic rings. The maximum Gasteiger partial charge on any atom is 0.156 e. The van der Waals surface area contributed by atoms with Gasteiger partial charge in [0.15, 0.2) is 5.82 Å². The number of nitrogens with zero attached hydrogens (tertiary/aromatic N) is 2. The van der Waals surface area contributed by atoms with Crippen LogP contribution in [0, 0.1) is 35.8 Å². The number of phenols is 1. The highest BCUT2D eigenvalue weighted by molar-refractivity contribution is 6.03. The van der Waals surface area contributed by atoms with Gasteiger partial charge in [-0.05, 0) is 54.1 Å². The summed E-state index contributed by atoms with van der Waals surface area (Å²) < 4.78 is 31.9. The summed E-state index contributed by atoms with van der Waals surface area (Å²) in [7, 11) is 1.74. The van der Waals surface area contributed by atoms with Crippen LogP contribution < -0.4 is 5.32 Å². The lowest BCUT2D eigenvalue weighted by Crippen LogP contribution is -2.14. The molecule has 0 radical (unpaired) electrons. The van der Waals surface area contributed by atoms with Gasteiger partial charge < -0.3 is 10.4 Å². The van der Waals surface area contributed by atoms with Crippen LogP contribution in [0.25, 0.3) is 32.8 Å². The predicted octanol–water partition coefficient (Wildman–Crippen LogP) is 4.29. The zero-order valence-corrected chi connectivity index (χ0v) is 16.8. The highest BCUT2D eigenvalue weighted by atomic mass is 19.1. The van der Waals surface area contributed by atoms with Gasteiger partial charge in [-0.25, -0.2) is 8.78 Å². The van der Waals surface area contributed by atoms with E-state index in [1.807, 2.05) is 6.07 Å². The summed E-state index contributed by atoms with van der Waals surface area (Å²) >= 11 is 0. The van der Waals surface area contributed by atoms with Crippen molar-refractivity contribution in [2.24, 2.45) is 18.9 Å². The van der Waals surface area contributed by atoms with E-state index in [1.165, 1.54) is 24.3 Å². The number of terminal acetylenes is 1. The maximum atomic E-state index is 15.9. The smallest absolute Gasteiger partial charge is 0.156 e. The van der Waals surface area contributed by atoms with Gasteiger partial charge in [-0.3, -0.25) is 4.68 Å². The number of halogens is 2. The molecule has 6 rings (SSSR count). The second-order valence-electron chi connectivity index (χ2n) is 8.50. The first kappa shape index (κ1) is 18.3. The molecule has 1 saturated heterocycles. The Bertz CT molecular complexity index is 1440.